The van der Waals surface area contributed by atoms with Crippen LogP contribution in [0.3, 0.4) is 0 Å². The highest BCUT2D eigenvalue weighted by Gasteiger charge is 2.07. The van der Waals surface area contributed by atoms with E-state index in [4.69, 9.17) is 10.00 Å². The first-order valence-corrected chi connectivity index (χ1v) is 5.90. The van der Waals surface area contributed by atoms with E-state index in [2.05, 4.69) is 5.32 Å². The van der Waals surface area contributed by atoms with E-state index >= 15 is 0 Å². The minimum absolute atomic E-state index is 0.180. The number of halogens is 2. The number of anilines is 1. The summed E-state index contributed by atoms with van der Waals surface area (Å²) in [5.41, 5.74) is 1.07. The summed E-state index contributed by atoms with van der Waals surface area (Å²) in [5.74, 6) is -0.453. The fraction of sp³-hybridized carbons (Fsp3) is 0.133. The normalized spacial score (nSPS) is 9.90. The number of hydrogen-bond donors (Lipinski definition) is 1. The molecule has 20 heavy (non-hydrogen) atoms. The highest BCUT2D eigenvalue weighted by molar-refractivity contribution is 5.57. The van der Waals surface area contributed by atoms with Crippen LogP contribution in [0.25, 0.3) is 0 Å². The first-order chi connectivity index (χ1) is 9.63. The van der Waals surface area contributed by atoms with E-state index < -0.39 is 11.6 Å². The Hall–Kier alpha value is -2.61. The Morgan fingerprint density at radius 3 is 2.65 bits per heavy atom. The zero-order chi connectivity index (χ0) is 14.5. The highest BCUT2D eigenvalue weighted by atomic mass is 19.1. The van der Waals surface area contributed by atoms with Gasteiger partial charge in [-0.05, 0) is 24.3 Å². The Morgan fingerprint density at radius 1 is 1.20 bits per heavy atom. The molecule has 2 aromatic carbocycles. The minimum Gasteiger partial charge on any atom is -0.497 e. The molecule has 0 saturated carbocycles. The molecule has 0 aliphatic carbocycles. The average Bonchev–Trinajstić information content (AvgIpc) is 2.46. The molecule has 2 rings (SSSR count). The van der Waals surface area contributed by atoms with Gasteiger partial charge in [0.05, 0.1) is 18.4 Å². The fourth-order valence-corrected chi connectivity index (χ4v) is 1.75. The second kappa shape index (κ2) is 6.02. The van der Waals surface area contributed by atoms with Gasteiger partial charge in [0, 0.05) is 18.2 Å². The van der Waals surface area contributed by atoms with Gasteiger partial charge in [-0.1, -0.05) is 6.07 Å². The van der Waals surface area contributed by atoms with Gasteiger partial charge in [0.15, 0.2) is 0 Å². The van der Waals surface area contributed by atoms with E-state index in [1.165, 1.54) is 25.3 Å². The third-order valence-electron chi connectivity index (χ3n) is 2.83. The van der Waals surface area contributed by atoms with Crippen LogP contribution >= 0.6 is 0 Å². The number of hydrogen-bond acceptors (Lipinski definition) is 3. The summed E-state index contributed by atoms with van der Waals surface area (Å²) in [6, 6.07) is 10.2. The zero-order valence-electron chi connectivity index (χ0n) is 10.8. The molecule has 2 aromatic rings. The van der Waals surface area contributed by atoms with Gasteiger partial charge in [-0.25, -0.2) is 8.78 Å². The van der Waals surface area contributed by atoms with Crippen molar-refractivity contribution in [1.29, 1.82) is 5.26 Å². The molecule has 0 aliphatic rings. The van der Waals surface area contributed by atoms with Gasteiger partial charge >= 0.3 is 0 Å². The van der Waals surface area contributed by atoms with Crippen molar-refractivity contribution < 1.29 is 13.5 Å². The van der Waals surface area contributed by atoms with Crippen molar-refractivity contribution in [2.45, 2.75) is 6.54 Å². The van der Waals surface area contributed by atoms with Crippen molar-refractivity contribution in [2.24, 2.45) is 0 Å². The molecular weight excluding hydrogens is 262 g/mol. The molecule has 0 fully saturated rings. The number of rotatable bonds is 4. The Bertz CT molecular complexity index is 665. The summed E-state index contributed by atoms with van der Waals surface area (Å²) in [5, 5.41) is 11.8. The number of methoxy groups -OCH3 is 1. The Balaban J connectivity index is 2.15. The zero-order valence-corrected chi connectivity index (χ0v) is 10.8. The molecule has 3 nitrogen and oxygen atoms in total. The molecule has 0 aromatic heterocycles. The number of benzene rings is 2. The summed E-state index contributed by atoms with van der Waals surface area (Å²) in [7, 11) is 1.46. The van der Waals surface area contributed by atoms with Crippen LogP contribution in [0, 0.1) is 23.0 Å². The molecule has 0 spiro atoms. The molecular formula is C15H12F2N2O. The smallest absolute Gasteiger partial charge is 0.131 e. The lowest BCUT2D eigenvalue weighted by atomic mass is 10.1. The lowest BCUT2D eigenvalue weighted by molar-refractivity contribution is 0.411. The number of nitrogens with one attached hydrogen (secondary N) is 1. The number of nitriles is 1. The van der Waals surface area contributed by atoms with Crippen molar-refractivity contribution in [1.82, 2.24) is 0 Å². The van der Waals surface area contributed by atoms with Crippen molar-refractivity contribution >= 4 is 5.69 Å². The predicted molar refractivity (Wildman–Crippen MR) is 71.4 cm³/mol. The molecule has 0 bridgehead atoms. The third kappa shape index (κ3) is 3.04. The second-order valence-corrected chi connectivity index (χ2v) is 4.11. The van der Waals surface area contributed by atoms with Crippen LogP contribution < -0.4 is 10.1 Å². The summed E-state index contributed by atoms with van der Waals surface area (Å²) < 4.78 is 31.7. The van der Waals surface area contributed by atoms with Gasteiger partial charge in [0.2, 0.25) is 0 Å². The number of nitrogens with zero attached hydrogens (tertiary/aromatic N) is 1. The maximum Gasteiger partial charge on any atom is 0.131 e. The molecule has 0 aliphatic heterocycles. The largest absolute Gasteiger partial charge is 0.497 e. The third-order valence-corrected chi connectivity index (χ3v) is 2.83. The van der Waals surface area contributed by atoms with Crippen LogP contribution in [0.1, 0.15) is 11.1 Å². The first-order valence-electron chi connectivity index (χ1n) is 5.90. The van der Waals surface area contributed by atoms with Crippen LogP contribution in [-0.2, 0) is 6.54 Å². The molecule has 1 N–H and O–H groups in total. The van der Waals surface area contributed by atoms with Gasteiger partial charge < -0.3 is 10.1 Å². The van der Waals surface area contributed by atoms with E-state index in [0.29, 0.717) is 17.0 Å². The molecule has 0 atom stereocenters. The summed E-state index contributed by atoms with van der Waals surface area (Å²) in [6.45, 7) is 0.191. The minimum atomic E-state index is -0.484. The van der Waals surface area contributed by atoms with Gasteiger partial charge in [0.25, 0.3) is 0 Å². The van der Waals surface area contributed by atoms with Gasteiger partial charge in [0.1, 0.15) is 23.5 Å². The Kier molecular flexibility index (Phi) is 4.16. The maximum absolute atomic E-state index is 13.7. The molecule has 0 saturated heterocycles. The molecule has 0 heterocycles. The van der Waals surface area contributed by atoms with Crippen molar-refractivity contribution in [3.63, 3.8) is 0 Å². The standard InChI is InChI=1S/C15H12F2N2O/c1-20-13-4-2-10(14(17)7-13)9-19-15-5-3-12(16)6-11(15)8-18/h2-7,19H,9H2,1H3. The van der Waals surface area contributed by atoms with E-state index in [9.17, 15) is 8.78 Å². The van der Waals surface area contributed by atoms with Gasteiger partial charge in [-0.15, -0.1) is 0 Å². The van der Waals surface area contributed by atoms with Crippen LogP contribution in [-0.4, -0.2) is 7.11 Å². The molecule has 0 radical (unpaired) electrons. The maximum atomic E-state index is 13.7. The lowest BCUT2D eigenvalue weighted by Crippen LogP contribution is -2.03. The van der Waals surface area contributed by atoms with Crippen LogP contribution in [0.4, 0.5) is 14.5 Å². The molecule has 102 valence electrons. The highest BCUT2D eigenvalue weighted by Crippen LogP contribution is 2.20. The van der Waals surface area contributed by atoms with Gasteiger partial charge in [-0.2, -0.15) is 5.26 Å². The number of ether oxygens (including phenoxy) is 1. The first kappa shape index (κ1) is 13.8. The molecule has 0 unspecified atom stereocenters. The van der Waals surface area contributed by atoms with E-state index in [-0.39, 0.29) is 12.1 Å². The van der Waals surface area contributed by atoms with E-state index in [1.807, 2.05) is 6.07 Å². The molecule has 0 amide bonds. The van der Waals surface area contributed by atoms with Gasteiger partial charge in [-0.3, -0.25) is 0 Å². The quantitative estimate of drug-likeness (QED) is 0.928. The Morgan fingerprint density at radius 2 is 2.00 bits per heavy atom. The monoisotopic (exact) mass is 274 g/mol. The van der Waals surface area contributed by atoms with Crippen LogP contribution in [0.5, 0.6) is 5.75 Å². The molecule has 5 heteroatoms. The van der Waals surface area contributed by atoms with Crippen LogP contribution in [0.2, 0.25) is 0 Å². The SMILES string of the molecule is COc1ccc(CNc2ccc(F)cc2C#N)c(F)c1. The Labute approximate surface area is 115 Å². The van der Waals surface area contributed by atoms with E-state index in [0.717, 1.165) is 6.07 Å². The predicted octanol–water partition coefficient (Wildman–Crippen LogP) is 3.46. The average molecular weight is 274 g/mol. The lowest BCUT2D eigenvalue weighted by Gasteiger charge is -2.10. The van der Waals surface area contributed by atoms with Crippen molar-refractivity contribution in [3.8, 4) is 11.8 Å². The second-order valence-electron chi connectivity index (χ2n) is 4.11. The van der Waals surface area contributed by atoms with Crippen molar-refractivity contribution in [2.75, 3.05) is 12.4 Å². The van der Waals surface area contributed by atoms with Crippen LogP contribution in [0.15, 0.2) is 36.4 Å². The summed E-state index contributed by atoms with van der Waals surface area (Å²) >= 11 is 0. The summed E-state index contributed by atoms with van der Waals surface area (Å²) in [4.78, 5) is 0. The topological polar surface area (TPSA) is 45.0 Å². The summed E-state index contributed by atoms with van der Waals surface area (Å²) in [6.07, 6.45) is 0. The van der Waals surface area contributed by atoms with Crippen molar-refractivity contribution in [3.05, 3.63) is 59.2 Å². The van der Waals surface area contributed by atoms with E-state index in [1.54, 1.807) is 12.1 Å². The fourth-order valence-electron chi connectivity index (χ4n) is 1.75.